The average molecular weight is 813 g/mol. The Kier molecular flexibility index (Phi) is 12.5. The van der Waals surface area contributed by atoms with Gasteiger partial charge in [-0.1, -0.05) is 72.8 Å². The topological polar surface area (TPSA) is 176 Å². The number of hydrogen-bond acceptors (Lipinski definition) is 11. The van der Waals surface area contributed by atoms with Crippen LogP contribution in [0.3, 0.4) is 0 Å². The van der Waals surface area contributed by atoms with Crippen LogP contribution in [0.4, 0.5) is 0 Å². The molecule has 7 rings (SSSR count). The number of nitrogens with one attached hydrogen (secondary N) is 2. The molecule has 3 unspecified atom stereocenters. The number of aryl methyl sites for hydroxylation is 2. The van der Waals surface area contributed by atoms with Gasteiger partial charge in [0.15, 0.2) is 11.5 Å². The van der Waals surface area contributed by atoms with Gasteiger partial charge in [0.1, 0.15) is 23.5 Å². The Morgan fingerprint density at radius 2 is 1.36 bits per heavy atom. The molecular weight excluding hydrogens is 765 g/mol. The molecule has 0 saturated carbocycles. The summed E-state index contributed by atoms with van der Waals surface area (Å²) in [5, 5.41) is 10.9. The highest BCUT2D eigenvalue weighted by atomic mass is 32.2. The smallest absolute Gasteiger partial charge is 0.330 e. The van der Waals surface area contributed by atoms with Gasteiger partial charge >= 0.3 is 11.4 Å². The van der Waals surface area contributed by atoms with Crippen molar-refractivity contribution in [2.45, 2.75) is 75.2 Å². The number of aromatic nitrogens is 4. The Labute approximate surface area is 338 Å². The third kappa shape index (κ3) is 8.22. The van der Waals surface area contributed by atoms with E-state index in [1.165, 1.54) is 33.3 Å². The molecule has 0 radical (unpaired) electrons. The molecule has 6 atom stereocenters. The normalized spacial score (nSPS) is 21.9. The quantitative estimate of drug-likeness (QED) is 0.0983. The van der Waals surface area contributed by atoms with Crippen molar-refractivity contribution in [2.75, 3.05) is 26.6 Å². The summed E-state index contributed by atoms with van der Waals surface area (Å²) in [6.07, 6.45) is 2.40. The number of thioether (sulfide) groups is 1. The van der Waals surface area contributed by atoms with Crippen molar-refractivity contribution >= 4 is 11.8 Å². The molecule has 2 fully saturated rings. The first-order valence-electron chi connectivity index (χ1n) is 19.2. The van der Waals surface area contributed by atoms with Crippen LogP contribution in [0, 0.1) is 19.8 Å². The summed E-state index contributed by atoms with van der Waals surface area (Å²) in [6, 6.07) is 25.5. The predicted octanol–water partition coefficient (Wildman–Crippen LogP) is 4.75. The van der Waals surface area contributed by atoms with Gasteiger partial charge in [0.2, 0.25) is 0 Å². The number of aliphatic hydroxyl groups excluding tert-OH is 1. The molecule has 14 nitrogen and oxygen atoms in total. The second-order valence-electron chi connectivity index (χ2n) is 14.6. The van der Waals surface area contributed by atoms with E-state index < -0.39 is 58.2 Å². The number of aliphatic hydroxyl groups is 1. The molecule has 5 aromatic rings. The van der Waals surface area contributed by atoms with Crippen molar-refractivity contribution < 1.29 is 28.8 Å². The molecule has 2 aromatic heterocycles. The molecule has 2 aliphatic rings. The number of para-hydroxylation sites is 1. The first-order valence-corrected chi connectivity index (χ1v) is 20.3. The second-order valence-corrected chi connectivity index (χ2v) is 15.8. The SMILES string of the molecule is COc1cccc(C(OC[C@H]2O[C@@H](n3cc(C)c(=O)[nH]c3=O)C[C@@H]2CCCSC2OC(n3cc(C)c(=O)[nH]c3=O)CC2O)(c2ccccc2)c2ccccc2)c1OC. The highest BCUT2D eigenvalue weighted by molar-refractivity contribution is 7.99. The molecule has 0 spiro atoms. The lowest BCUT2D eigenvalue weighted by Crippen LogP contribution is -2.37. The van der Waals surface area contributed by atoms with E-state index in [1.54, 1.807) is 28.1 Å². The minimum Gasteiger partial charge on any atom is -0.493 e. The standard InChI is InChI=1S/C43H48N4O10S/c1-26-23-46(41(51)44-38(26)49)35-21-28(13-12-20-58-40-32(48)22-36(57-40)47-24-27(2)39(50)45-42(47)52)34(56-35)25-55-43(29-14-7-5-8-15-29,30-16-9-6-10-17-30)31-18-11-19-33(53-3)37(31)54-4/h5-11,14-19,23-24,28,32,34-36,40,48H,12-13,20-22,25H2,1-4H3,(H,44,49,51)(H,45,50,52)/t28-,32?,34+,35+,36?,40?/m0/s1. The number of ether oxygens (including phenoxy) is 5. The van der Waals surface area contributed by atoms with Crippen LogP contribution < -0.4 is 32.0 Å². The molecule has 2 aliphatic heterocycles. The Morgan fingerprint density at radius 3 is 1.93 bits per heavy atom. The number of methoxy groups -OCH3 is 2. The van der Waals surface area contributed by atoms with E-state index in [-0.39, 0.29) is 18.9 Å². The van der Waals surface area contributed by atoms with Crippen LogP contribution in [0.1, 0.15) is 66.0 Å². The summed E-state index contributed by atoms with van der Waals surface area (Å²) in [6.45, 7) is 3.37. The minimum atomic E-state index is -1.19. The number of nitrogens with zero attached hydrogens (tertiary/aromatic N) is 2. The lowest BCUT2D eigenvalue weighted by Gasteiger charge is -2.38. The molecule has 15 heteroatoms. The maximum absolute atomic E-state index is 13.1. The Balaban J connectivity index is 1.16. The predicted molar refractivity (Wildman–Crippen MR) is 219 cm³/mol. The van der Waals surface area contributed by atoms with E-state index in [2.05, 4.69) is 9.97 Å². The number of hydrogen-bond donors (Lipinski definition) is 3. The van der Waals surface area contributed by atoms with Gasteiger partial charge in [-0.2, -0.15) is 0 Å². The molecule has 3 N–H and O–H groups in total. The van der Waals surface area contributed by atoms with E-state index in [0.29, 0.717) is 47.6 Å². The van der Waals surface area contributed by atoms with E-state index >= 15 is 0 Å². The number of aromatic amines is 2. The molecule has 0 amide bonds. The molecule has 2 saturated heterocycles. The van der Waals surface area contributed by atoms with Gasteiger partial charge in [0, 0.05) is 35.5 Å². The van der Waals surface area contributed by atoms with Gasteiger partial charge in [-0.15, -0.1) is 11.8 Å². The van der Waals surface area contributed by atoms with Gasteiger partial charge in [0.25, 0.3) is 11.1 Å². The lowest BCUT2D eigenvalue weighted by molar-refractivity contribution is -0.0857. The summed E-state index contributed by atoms with van der Waals surface area (Å²) in [7, 11) is 3.20. The third-order valence-electron chi connectivity index (χ3n) is 10.9. The van der Waals surface area contributed by atoms with E-state index in [1.807, 2.05) is 78.9 Å². The zero-order valence-corrected chi connectivity index (χ0v) is 33.6. The van der Waals surface area contributed by atoms with Crippen LogP contribution in [0.15, 0.2) is 110 Å². The van der Waals surface area contributed by atoms with Crippen molar-refractivity contribution in [3.05, 3.63) is 161 Å². The summed E-state index contributed by atoms with van der Waals surface area (Å²) in [5.74, 6) is 1.61. The third-order valence-corrected chi connectivity index (χ3v) is 12.2. The Hall–Kier alpha value is -5.19. The second kappa shape index (κ2) is 17.7. The van der Waals surface area contributed by atoms with E-state index in [4.69, 9.17) is 23.7 Å². The molecule has 306 valence electrons. The average Bonchev–Trinajstić information content (AvgIpc) is 3.82. The van der Waals surface area contributed by atoms with Gasteiger partial charge in [0.05, 0.1) is 33.0 Å². The molecule has 3 aromatic carbocycles. The minimum absolute atomic E-state index is 0.0777. The summed E-state index contributed by atoms with van der Waals surface area (Å²) < 4.78 is 34.6. The van der Waals surface area contributed by atoms with Crippen molar-refractivity contribution in [2.24, 2.45) is 5.92 Å². The fourth-order valence-electron chi connectivity index (χ4n) is 7.97. The van der Waals surface area contributed by atoms with Crippen LogP contribution in [-0.2, 0) is 19.8 Å². The Bertz CT molecular complexity index is 2390. The number of benzene rings is 3. The molecule has 58 heavy (non-hydrogen) atoms. The maximum atomic E-state index is 13.1. The van der Waals surface area contributed by atoms with Crippen LogP contribution in [0.2, 0.25) is 0 Å². The highest BCUT2D eigenvalue weighted by Crippen LogP contribution is 2.48. The fourth-order valence-corrected chi connectivity index (χ4v) is 9.08. The summed E-state index contributed by atoms with van der Waals surface area (Å²) in [5.41, 5.74) is -0.611. The zero-order valence-electron chi connectivity index (χ0n) is 32.8. The first-order chi connectivity index (χ1) is 28.0. The molecule has 0 aliphatic carbocycles. The van der Waals surface area contributed by atoms with Gasteiger partial charge < -0.3 is 28.8 Å². The van der Waals surface area contributed by atoms with Crippen molar-refractivity contribution in [1.82, 2.24) is 19.1 Å². The first kappa shape index (κ1) is 41.0. The molecule has 4 heterocycles. The maximum Gasteiger partial charge on any atom is 0.330 e. The van der Waals surface area contributed by atoms with Crippen LogP contribution >= 0.6 is 11.8 Å². The monoisotopic (exact) mass is 812 g/mol. The lowest BCUT2D eigenvalue weighted by atomic mass is 9.79. The van der Waals surface area contributed by atoms with Gasteiger partial charge in [-0.05, 0) is 62.0 Å². The largest absolute Gasteiger partial charge is 0.493 e. The zero-order chi connectivity index (χ0) is 41.0. The van der Waals surface area contributed by atoms with Crippen LogP contribution in [0.5, 0.6) is 11.5 Å². The molecular formula is C43H48N4O10S. The van der Waals surface area contributed by atoms with Crippen LogP contribution in [0.25, 0.3) is 0 Å². The van der Waals surface area contributed by atoms with E-state index in [0.717, 1.165) is 16.7 Å². The molecule has 0 bridgehead atoms. The Morgan fingerprint density at radius 1 is 0.776 bits per heavy atom. The van der Waals surface area contributed by atoms with Gasteiger partial charge in [-0.3, -0.25) is 28.7 Å². The van der Waals surface area contributed by atoms with Crippen molar-refractivity contribution in [3.63, 3.8) is 0 Å². The van der Waals surface area contributed by atoms with Crippen LogP contribution in [-0.4, -0.2) is 68.4 Å². The highest BCUT2D eigenvalue weighted by Gasteiger charge is 2.44. The fraction of sp³-hybridized carbons (Fsp3) is 0.395. The number of rotatable bonds is 15. The summed E-state index contributed by atoms with van der Waals surface area (Å²) in [4.78, 5) is 54.5. The van der Waals surface area contributed by atoms with Crippen molar-refractivity contribution in [1.29, 1.82) is 0 Å². The number of H-pyrrole nitrogens is 2. The van der Waals surface area contributed by atoms with E-state index in [9.17, 15) is 24.3 Å². The summed E-state index contributed by atoms with van der Waals surface area (Å²) >= 11 is 1.46. The van der Waals surface area contributed by atoms with Gasteiger partial charge in [-0.25, -0.2) is 9.59 Å². The van der Waals surface area contributed by atoms with Crippen molar-refractivity contribution in [3.8, 4) is 11.5 Å².